The molecular weight excluding hydrogens is 356 g/mol. The van der Waals surface area contributed by atoms with Crippen LogP contribution in [0.25, 0.3) is 11.2 Å². The summed E-state index contributed by atoms with van der Waals surface area (Å²) in [4.78, 5) is 23.2. The number of nitrogens with one attached hydrogen (secondary N) is 1. The second-order valence-corrected chi connectivity index (χ2v) is 7.48. The molecule has 3 aromatic heterocycles. The van der Waals surface area contributed by atoms with Gasteiger partial charge in [0.1, 0.15) is 0 Å². The number of nitrogens with zero attached hydrogens (tertiary/aromatic N) is 5. The molecule has 4 heterocycles. The lowest BCUT2D eigenvalue weighted by atomic mass is 9.95. The van der Waals surface area contributed by atoms with Crippen molar-refractivity contribution in [3.63, 3.8) is 0 Å². The summed E-state index contributed by atoms with van der Waals surface area (Å²) in [7, 11) is 0. The van der Waals surface area contributed by atoms with Crippen molar-refractivity contribution in [2.75, 3.05) is 24.5 Å². The summed E-state index contributed by atoms with van der Waals surface area (Å²) < 4.78 is 7.76. The molecule has 8 nitrogen and oxygen atoms in total. The Morgan fingerprint density at radius 2 is 2.29 bits per heavy atom. The highest BCUT2D eigenvalue weighted by Gasteiger charge is 2.25. The minimum Gasteiger partial charge on any atom is -0.422 e. The molecular formula is C20H26N6O2. The van der Waals surface area contributed by atoms with E-state index in [1.165, 1.54) is 0 Å². The summed E-state index contributed by atoms with van der Waals surface area (Å²) >= 11 is 0. The molecule has 1 fully saturated rings. The van der Waals surface area contributed by atoms with Crippen LogP contribution in [0.5, 0.6) is 0 Å². The lowest BCUT2D eigenvalue weighted by molar-refractivity contribution is -0.122. The second-order valence-electron chi connectivity index (χ2n) is 7.48. The maximum atomic E-state index is 12.4. The third-order valence-corrected chi connectivity index (χ3v) is 5.17. The Kier molecular flexibility index (Phi) is 5.27. The zero-order chi connectivity index (χ0) is 19.5. The normalized spacial score (nSPS) is 17.2. The van der Waals surface area contributed by atoms with Crippen molar-refractivity contribution < 1.29 is 9.21 Å². The van der Waals surface area contributed by atoms with Crippen molar-refractivity contribution in [3.8, 4) is 0 Å². The first-order chi connectivity index (χ1) is 13.6. The average molecular weight is 382 g/mol. The van der Waals surface area contributed by atoms with Crippen LogP contribution in [0.15, 0.2) is 28.8 Å². The van der Waals surface area contributed by atoms with Crippen molar-refractivity contribution >= 4 is 23.2 Å². The summed E-state index contributed by atoms with van der Waals surface area (Å²) in [5.74, 6) is 0.387. The molecule has 1 saturated heterocycles. The van der Waals surface area contributed by atoms with Gasteiger partial charge in [-0.05, 0) is 50.8 Å². The third kappa shape index (κ3) is 4.16. The van der Waals surface area contributed by atoms with E-state index in [1.54, 1.807) is 6.20 Å². The number of oxazole rings is 1. The van der Waals surface area contributed by atoms with Gasteiger partial charge in [0.2, 0.25) is 11.6 Å². The fourth-order valence-corrected chi connectivity index (χ4v) is 3.84. The Bertz CT molecular complexity index is 930. The number of amides is 1. The van der Waals surface area contributed by atoms with Crippen LogP contribution in [-0.4, -0.2) is 45.3 Å². The number of carbonyl (C=O) groups excluding carboxylic acids is 1. The van der Waals surface area contributed by atoms with Gasteiger partial charge >= 0.3 is 0 Å². The number of hydrogen-bond acceptors (Lipinski definition) is 6. The number of carbonyl (C=O) groups is 1. The van der Waals surface area contributed by atoms with Gasteiger partial charge in [-0.25, -0.2) is 4.98 Å². The molecule has 1 amide bonds. The Balaban J connectivity index is 1.28. The fraction of sp³-hybridized carbons (Fsp3) is 0.500. The number of aromatic nitrogens is 4. The van der Waals surface area contributed by atoms with Gasteiger partial charge in [0, 0.05) is 37.9 Å². The van der Waals surface area contributed by atoms with E-state index in [0.717, 1.165) is 37.3 Å². The van der Waals surface area contributed by atoms with Crippen molar-refractivity contribution in [1.82, 2.24) is 25.1 Å². The highest BCUT2D eigenvalue weighted by molar-refractivity contribution is 5.76. The fourth-order valence-electron chi connectivity index (χ4n) is 3.84. The van der Waals surface area contributed by atoms with E-state index in [0.29, 0.717) is 42.7 Å². The van der Waals surface area contributed by atoms with Gasteiger partial charge in [-0.2, -0.15) is 10.1 Å². The number of aryl methyl sites for hydroxylation is 2. The number of piperidine rings is 1. The number of anilines is 1. The van der Waals surface area contributed by atoms with Crippen LogP contribution in [0.1, 0.15) is 30.7 Å². The largest absolute Gasteiger partial charge is 0.422 e. The molecule has 1 atom stereocenters. The summed E-state index contributed by atoms with van der Waals surface area (Å²) in [6.07, 6.45) is 4.30. The van der Waals surface area contributed by atoms with E-state index in [1.807, 2.05) is 36.7 Å². The smallest absolute Gasteiger partial charge is 0.299 e. The topological polar surface area (TPSA) is 89.1 Å². The molecule has 0 aliphatic carbocycles. The molecule has 0 saturated carbocycles. The second kappa shape index (κ2) is 8.00. The predicted octanol–water partition coefficient (Wildman–Crippen LogP) is 2.46. The third-order valence-electron chi connectivity index (χ3n) is 5.17. The van der Waals surface area contributed by atoms with Crippen LogP contribution in [0.4, 0.5) is 6.01 Å². The molecule has 0 aromatic carbocycles. The molecule has 0 bridgehead atoms. The van der Waals surface area contributed by atoms with Crippen molar-refractivity contribution in [2.24, 2.45) is 5.92 Å². The molecule has 1 aliphatic heterocycles. The van der Waals surface area contributed by atoms with Crippen LogP contribution in [0.3, 0.4) is 0 Å². The van der Waals surface area contributed by atoms with E-state index >= 15 is 0 Å². The minimum absolute atomic E-state index is 0.0904. The highest BCUT2D eigenvalue weighted by Crippen LogP contribution is 2.26. The number of fused-ring (bicyclic) bond motifs is 1. The highest BCUT2D eigenvalue weighted by atomic mass is 16.4. The first-order valence-electron chi connectivity index (χ1n) is 9.83. The zero-order valence-corrected chi connectivity index (χ0v) is 16.4. The molecule has 1 unspecified atom stereocenters. The maximum Gasteiger partial charge on any atom is 0.299 e. The molecule has 3 aromatic rings. The van der Waals surface area contributed by atoms with Crippen LogP contribution >= 0.6 is 0 Å². The lowest BCUT2D eigenvalue weighted by Gasteiger charge is -2.31. The quantitative estimate of drug-likeness (QED) is 0.704. The monoisotopic (exact) mass is 382 g/mol. The summed E-state index contributed by atoms with van der Waals surface area (Å²) in [5.41, 5.74) is 3.44. The van der Waals surface area contributed by atoms with E-state index in [9.17, 15) is 4.79 Å². The average Bonchev–Trinajstić information content (AvgIpc) is 3.24. The standard InChI is InChI=1S/C20H26N6O2/c1-14-11-15(2)26(24-14)10-8-21-18(27)12-16-5-4-9-25(13-16)20-23-19-17(28-20)6-3-7-22-19/h3,6-7,11,16H,4-5,8-10,12-13H2,1-2H3,(H,21,27). The van der Waals surface area contributed by atoms with Gasteiger partial charge in [-0.15, -0.1) is 0 Å². The van der Waals surface area contributed by atoms with Crippen LogP contribution in [0.2, 0.25) is 0 Å². The molecule has 4 rings (SSSR count). The Hall–Kier alpha value is -2.90. The van der Waals surface area contributed by atoms with Crippen LogP contribution in [0, 0.1) is 19.8 Å². The number of pyridine rings is 1. The molecule has 8 heteroatoms. The lowest BCUT2D eigenvalue weighted by Crippen LogP contribution is -2.38. The van der Waals surface area contributed by atoms with Gasteiger partial charge in [0.05, 0.1) is 12.2 Å². The van der Waals surface area contributed by atoms with E-state index in [4.69, 9.17) is 4.42 Å². The summed E-state index contributed by atoms with van der Waals surface area (Å²) in [6, 6.07) is 6.35. The molecule has 1 aliphatic rings. The van der Waals surface area contributed by atoms with Gasteiger partial charge < -0.3 is 14.6 Å². The molecule has 0 spiro atoms. The summed E-state index contributed by atoms with van der Waals surface area (Å²) in [6.45, 7) is 6.95. The van der Waals surface area contributed by atoms with Gasteiger partial charge in [0.15, 0.2) is 5.58 Å². The van der Waals surface area contributed by atoms with Gasteiger partial charge in [-0.1, -0.05) is 0 Å². The Morgan fingerprint density at radius 1 is 1.39 bits per heavy atom. The maximum absolute atomic E-state index is 12.4. The van der Waals surface area contributed by atoms with E-state index in [-0.39, 0.29) is 5.91 Å². The zero-order valence-electron chi connectivity index (χ0n) is 16.4. The minimum atomic E-state index is 0.0904. The Morgan fingerprint density at radius 3 is 3.07 bits per heavy atom. The van der Waals surface area contributed by atoms with E-state index in [2.05, 4.69) is 25.3 Å². The molecule has 1 N–H and O–H groups in total. The SMILES string of the molecule is Cc1cc(C)n(CCNC(=O)CC2CCCN(c3nc4ncccc4o3)C2)n1. The first-order valence-corrected chi connectivity index (χ1v) is 9.83. The number of hydrogen-bond donors (Lipinski definition) is 1. The van der Waals surface area contributed by atoms with Gasteiger partial charge in [-0.3, -0.25) is 9.48 Å². The van der Waals surface area contributed by atoms with Crippen molar-refractivity contribution in [2.45, 2.75) is 39.7 Å². The van der Waals surface area contributed by atoms with E-state index < -0.39 is 0 Å². The number of rotatable bonds is 6. The van der Waals surface area contributed by atoms with Gasteiger partial charge in [0.25, 0.3) is 6.01 Å². The molecule has 0 radical (unpaired) electrons. The Labute approximate surface area is 163 Å². The first kappa shape index (κ1) is 18.5. The van der Waals surface area contributed by atoms with Crippen LogP contribution < -0.4 is 10.2 Å². The molecule has 148 valence electrons. The molecule has 28 heavy (non-hydrogen) atoms. The summed E-state index contributed by atoms with van der Waals surface area (Å²) in [5, 5.41) is 7.44. The van der Waals surface area contributed by atoms with Crippen LogP contribution in [-0.2, 0) is 11.3 Å². The predicted molar refractivity (Wildman–Crippen MR) is 106 cm³/mol. The van der Waals surface area contributed by atoms with Crippen molar-refractivity contribution in [3.05, 3.63) is 35.8 Å². The van der Waals surface area contributed by atoms with Crippen molar-refractivity contribution in [1.29, 1.82) is 0 Å².